The fourth-order valence-electron chi connectivity index (χ4n) is 2.60. The lowest BCUT2D eigenvalue weighted by Gasteiger charge is -2.23. The van der Waals surface area contributed by atoms with Crippen molar-refractivity contribution in [3.63, 3.8) is 0 Å². The molecule has 13 heavy (non-hydrogen) atoms. The highest BCUT2D eigenvalue weighted by Gasteiger charge is 2.45. The number of nitrogens with zero attached hydrogens (tertiary/aromatic N) is 1. The number of ether oxygens (including phenoxy) is 2. The Kier molecular flexibility index (Phi) is 1.86. The number of rotatable bonds is 3. The minimum atomic E-state index is 0.562. The molecule has 4 atom stereocenters. The lowest BCUT2D eigenvalue weighted by atomic mass is 9.93. The normalized spacial score (nSPS) is 49.6. The standard InChI is InChI=1S/C10H17NO2/c1-11-3-2-8(10-6-13-10)9(11)4-7-5-12-7/h7-10H,2-6H2,1H3/t7?,8-,9+,10?/m0/s1. The number of hydrogen-bond acceptors (Lipinski definition) is 3. The summed E-state index contributed by atoms with van der Waals surface area (Å²) in [5.74, 6) is 0.786. The Morgan fingerprint density at radius 3 is 2.69 bits per heavy atom. The second kappa shape index (κ2) is 2.94. The Bertz CT molecular complexity index is 201. The van der Waals surface area contributed by atoms with Crippen molar-refractivity contribution in [1.29, 1.82) is 0 Å². The van der Waals surface area contributed by atoms with Crippen molar-refractivity contribution >= 4 is 0 Å². The van der Waals surface area contributed by atoms with E-state index in [0.717, 1.165) is 25.2 Å². The monoisotopic (exact) mass is 183 g/mol. The highest BCUT2D eigenvalue weighted by atomic mass is 16.6. The van der Waals surface area contributed by atoms with Gasteiger partial charge in [-0.2, -0.15) is 0 Å². The maximum absolute atomic E-state index is 5.41. The molecule has 0 aromatic carbocycles. The van der Waals surface area contributed by atoms with Crippen LogP contribution in [-0.4, -0.2) is 50.0 Å². The molecule has 0 saturated carbocycles. The smallest absolute Gasteiger partial charge is 0.0853 e. The molecule has 74 valence electrons. The first kappa shape index (κ1) is 8.21. The molecule has 0 aliphatic carbocycles. The SMILES string of the molecule is CN1CC[C@H](C2CO2)[C@H]1CC1CO1. The second-order valence-electron chi connectivity index (χ2n) is 4.56. The molecule has 0 bridgehead atoms. The number of epoxide rings is 2. The molecule has 3 fully saturated rings. The van der Waals surface area contributed by atoms with E-state index < -0.39 is 0 Å². The lowest BCUT2D eigenvalue weighted by molar-refractivity contribution is 0.207. The van der Waals surface area contributed by atoms with Crippen LogP contribution in [0.1, 0.15) is 12.8 Å². The Morgan fingerprint density at radius 2 is 2.08 bits per heavy atom. The molecule has 3 heterocycles. The third-order valence-corrected chi connectivity index (χ3v) is 3.62. The molecule has 0 aromatic heterocycles. The Morgan fingerprint density at radius 1 is 1.31 bits per heavy atom. The summed E-state index contributed by atoms with van der Waals surface area (Å²) in [6.45, 7) is 3.23. The minimum Gasteiger partial charge on any atom is -0.373 e. The predicted octanol–water partition coefficient (Wildman–Crippen LogP) is 0.494. The second-order valence-corrected chi connectivity index (χ2v) is 4.56. The van der Waals surface area contributed by atoms with E-state index in [2.05, 4.69) is 11.9 Å². The summed E-state index contributed by atoms with van der Waals surface area (Å²) in [6.07, 6.45) is 3.68. The van der Waals surface area contributed by atoms with Crippen LogP contribution in [0.25, 0.3) is 0 Å². The summed E-state index contributed by atoms with van der Waals surface area (Å²) < 4.78 is 10.7. The summed E-state index contributed by atoms with van der Waals surface area (Å²) in [7, 11) is 2.23. The highest BCUT2D eigenvalue weighted by molar-refractivity contribution is 4.96. The van der Waals surface area contributed by atoms with Crippen LogP contribution in [0.4, 0.5) is 0 Å². The average molecular weight is 183 g/mol. The van der Waals surface area contributed by atoms with Crippen LogP contribution in [0.3, 0.4) is 0 Å². The quantitative estimate of drug-likeness (QED) is 0.596. The molecule has 2 unspecified atom stereocenters. The third-order valence-electron chi connectivity index (χ3n) is 3.62. The van der Waals surface area contributed by atoms with E-state index in [1.165, 1.54) is 19.4 Å². The van der Waals surface area contributed by atoms with Crippen LogP contribution in [0, 0.1) is 5.92 Å². The van der Waals surface area contributed by atoms with Crippen molar-refractivity contribution in [2.24, 2.45) is 5.92 Å². The Labute approximate surface area is 79.0 Å². The molecule has 3 rings (SSSR count). The topological polar surface area (TPSA) is 28.3 Å². The van der Waals surface area contributed by atoms with Gasteiger partial charge in [0.15, 0.2) is 0 Å². The van der Waals surface area contributed by atoms with Gasteiger partial charge >= 0.3 is 0 Å². The summed E-state index contributed by atoms with van der Waals surface area (Å²) >= 11 is 0. The molecule has 0 aromatic rings. The Balaban J connectivity index is 1.64. The highest BCUT2D eigenvalue weighted by Crippen LogP contribution is 2.37. The van der Waals surface area contributed by atoms with Gasteiger partial charge in [0.25, 0.3) is 0 Å². The van der Waals surface area contributed by atoms with Crippen LogP contribution < -0.4 is 0 Å². The van der Waals surface area contributed by atoms with Crippen molar-refractivity contribution in [3.8, 4) is 0 Å². The maximum atomic E-state index is 5.41. The average Bonchev–Trinajstić information content (AvgIpc) is 2.97. The zero-order valence-corrected chi connectivity index (χ0v) is 8.11. The van der Waals surface area contributed by atoms with Gasteiger partial charge in [0, 0.05) is 12.0 Å². The van der Waals surface area contributed by atoms with E-state index in [1.54, 1.807) is 0 Å². The van der Waals surface area contributed by atoms with Crippen molar-refractivity contribution in [2.75, 3.05) is 26.8 Å². The first-order chi connectivity index (χ1) is 6.34. The van der Waals surface area contributed by atoms with Gasteiger partial charge in [-0.05, 0) is 26.4 Å². The summed E-state index contributed by atoms with van der Waals surface area (Å²) in [5, 5.41) is 0. The third kappa shape index (κ3) is 1.60. The number of likely N-dealkylation sites (tertiary alicyclic amines) is 1. The molecule has 3 nitrogen and oxygen atoms in total. The molecule has 0 radical (unpaired) electrons. The zero-order valence-electron chi connectivity index (χ0n) is 8.11. The summed E-state index contributed by atoms with van der Waals surface area (Å²) in [6, 6.07) is 0.722. The van der Waals surface area contributed by atoms with Gasteiger partial charge in [0.1, 0.15) is 0 Å². The van der Waals surface area contributed by atoms with E-state index in [4.69, 9.17) is 9.47 Å². The van der Waals surface area contributed by atoms with Crippen molar-refractivity contribution in [1.82, 2.24) is 4.90 Å². The van der Waals surface area contributed by atoms with Gasteiger partial charge in [-0.25, -0.2) is 0 Å². The van der Waals surface area contributed by atoms with Gasteiger partial charge in [0.05, 0.1) is 25.4 Å². The molecule has 3 aliphatic heterocycles. The molecule has 0 N–H and O–H groups in total. The van der Waals surface area contributed by atoms with Crippen LogP contribution in [-0.2, 0) is 9.47 Å². The molecular formula is C10H17NO2. The summed E-state index contributed by atoms with van der Waals surface area (Å²) in [4.78, 5) is 2.48. The Hall–Kier alpha value is -0.120. The predicted molar refractivity (Wildman–Crippen MR) is 48.6 cm³/mol. The minimum absolute atomic E-state index is 0.562. The van der Waals surface area contributed by atoms with E-state index >= 15 is 0 Å². The van der Waals surface area contributed by atoms with Gasteiger partial charge in [0.2, 0.25) is 0 Å². The van der Waals surface area contributed by atoms with E-state index in [9.17, 15) is 0 Å². The van der Waals surface area contributed by atoms with Gasteiger partial charge in [-0.3, -0.25) is 0 Å². The maximum Gasteiger partial charge on any atom is 0.0853 e. The molecule has 0 spiro atoms. The largest absolute Gasteiger partial charge is 0.373 e. The van der Waals surface area contributed by atoms with Gasteiger partial charge in [-0.1, -0.05) is 0 Å². The van der Waals surface area contributed by atoms with E-state index in [-0.39, 0.29) is 0 Å². The van der Waals surface area contributed by atoms with Crippen molar-refractivity contribution < 1.29 is 9.47 Å². The van der Waals surface area contributed by atoms with Crippen LogP contribution in [0.15, 0.2) is 0 Å². The van der Waals surface area contributed by atoms with E-state index in [0.29, 0.717) is 12.2 Å². The molecule has 3 saturated heterocycles. The van der Waals surface area contributed by atoms with Crippen molar-refractivity contribution in [3.05, 3.63) is 0 Å². The molecule has 3 heteroatoms. The molecule has 3 aliphatic rings. The lowest BCUT2D eigenvalue weighted by Crippen LogP contribution is -2.32. The summed E-state index contributed by atoms with van der Waals surface area (Å²) in [5.41, 5.74) is 0. The molecule has 0 amide bonds. The van der Waals surface area contributed by atoms with Crippen molar-refractivity contribution in [2.45, 2.75) is 31.1 Å². The van der Waals surface area contributed by atoms with Crippen LogP contribution >= 0.6 is 0 Å². The van der Waals surface area contributed by atoms with E-state index in [1.807, 2.05) is 0 Å². The van der Waals surface area contributed by atoms with Gasteiger partial charge < -0.3 is 14.4 Å². The fourth-order valence-corrected chi connectivity index (χ4v) is 2.60. The van der Waals surface area contributed by atoms with Crippen LogP contribution in [0.5, 0.6) is 0 Å². The van der Waals surface area contributed by atoms with Gasteiger partial charge in [-0.15, -0.1) is 0 Å². The van der Waals surface area contributed by atoms with Crippen LogP contribution in [0.2, 0.25) is 0 Å². The number of hydrogen-bond donors (Lipinski definition) is 0. The fraction of sp³-hybridized carbons (Fsp3) is 1.00. The first-order valence-electron chi connectivity index (χ1n) is 5.28. The first-order valence-corrected chi connectivity index (χ1v) is 5.28. The molecular weight excluding hydrogens is 166 g/mol. The zero-order chi connectivity index (χ0) is 8.84.